The summed E-state index contributed by atoms with van der Waals surface area (Å²) in [6.07, 6.45) is 3.84. The largest absolute Gasteiger partial charge is 0.383 e. The topological polar surface area (TPSA) is 152 Å². The van der Waals surface area contributed by atoms with Crippen LogP contribution in [0.25, 0.3) is 0 Å². The third-order valence-corrected chi connectivity index (χ3v) is 5.71. The van der Waals surface area contributed by atoms with E-state index in [1.807, 2.05) is 20.8 Å². The number of aromatic nitrogens is 5. The molecule has 12 heteroatoms. The molecule has 2 aromatic rings. The minimum atomic E-state index is -0.691. The molecule has 0 unspecified atom stereocenters. The normalized spacial score (nSPS) is 11.1. The Hall–Kier alpha value is -2.76. The highest BCUT2D eigenvalue weighted by atomic mass is 32.2. The number of nitrogens with two attached hydrogens (primary N) is 1. The minimum absolute atomic E-state index is 0.0162. The number of nitrogen functional groups attached to an aromatic ring is 1. The van der Waals surface area contributed by atoms with Crippen LogP contribution in [0.2, 0.25) is 0 Å². The number of unbranched alkanes of at least 4 members (excludes halogenated alkanes) is 2. The van der Waals surface area contributed by atoms with Gasteiger partial charge in [0.25, 0.3) is 5.56 Å². The number of hydrogen-bond donors (Lipinski definition) is 3. The van der Waals surface area contributed by atoms with Crippen molar-refractivity contribution in [3.63, 3.8) is 0 Å². The smallest absolute Gasteiger partial charge is 0.343 e. The predicted molar refractivity (Wildman–Crippen MR) is 122 cm³/mol. The Morgan fingerprint density at radius 2 is 1.74 bits per heavy atom. The van der Waals surface area contributed by atoms with Crippen molar-refractivity contribution in [2.45, 2.75) is 71.1 Å². The van der Waals surface area contributed by atoms with E-state index in [4.69, 9.17) is 5.73 Å². The van der Waals surface area contributed by atoms with Gasteiger partial charge in [0.2, 0.25) is 5.91 Å². The third-order valence-electron chi connectivity index (χ3n) is 4.75. The Kier molecular flexibility index (Phi) is 9.16. The molecule has 4 N–H and O–H groups in total. The van der Waals surface area contributed by atoms with Crippen LogP contribution in [0.4, 0.5) is 11.5 Å². The molecule has 0 spiro atoms. The van der Waals surface area contributed by atoms with Crippen LogP contribution in [-0.4, -0.2) is 42.5 Å². The summed E-state index contributed by atoms with van der Waals surface area (Å²) in [6, 6.07) is 0. The standard InChI is InChI=1S/C19H31N7O4S/c1-4-7-10-24(14-15(20)25(9-6-3)17(29)21-16(14)28)13(27)12-31-19-23-22-18(30)26(19)11-8-5-2/h4-12,20H2,1-3H3,(H,22,30)(H,21,28,29). The Bertz CT molecular complexity index is 1050. The van der Waals surface area contributed by atoms with Crippen LogP contribution in [0.3, 0.4) is 0 Å². The fraction of sp³-hybridized carbons (Fsp3) is 0.632. The average Bonchev–Trinajstić information content (AvgIpc) is 3.09. The molecule has 0 saturated heterocycles. The van der Waals surface area contributed by atoms with E-state index in [-0.39, 0.29) is 35.4 Å². The molecule has 31 heavy (non-hydrogen) atoms. The van der Waals surface area contributed by atoms with Crippen LogP contribution in [-0.2, 0) is 17.9 Å². The summed E-state index contributed by atoms with van der Waals surface area (Å²) < 4.78 is 2.77. The zero-order chi connectivity index (χ0) is 23.0. The molecule has 0 atom stereocenters. The molecule has 0 aromatic carbocycles. The van der Waals surface area contributed by atoms with Crippen LogP contribution < -0.4 is 27.6 Å². The quantitative estimate of drug-likeness (QED) is 0.407. The third kappa shape index (κ3) is 5.90. The van der Waals surface area contributed by atoms with Crippen LogP contribution in [0, 0.1) is 0 Å². The molecule has 2 heterocycles. The van der Waals surface area contributed by atoms with Gasteiger partial charge in [-0.3, -0.25) is 23.7 Å². The fourth-order valence-electron chi connectivity index (χ4n) is 3.09. The molecule has 0 radical (unpaired) electrons. The number of hydrogen-bond acceptors (Lipinski definition) is 7. The van der Waals surface area contributed by atoms with Gasteiger partial charge in [-0.25, -0.2) is 14.7 Å². The molecule has 0 aliphatic rings. The average molecular weight is 454 g/mol. The fourth-order valence-corrected chi connectivity index (χ4v) is 3.94. The number of nitrogens with one attached hydrogen (secondary N) is 2. The number of thioether (sulfide) groups is 1. The second-order valence-electron chi connectivity index (χ2n) is 7.15. The maximum absolute atomic E-state index is 13.1. The summed E-state index contributed by atoms with van der Waals surface area (Å²) in [5, 5.41) is 6.83. The van der Waals surface area contributed by atoms with Crippen molar-refractivity contribution in [1.82, 2.24) is 24.3 Å². The summed E-state index contributed by atoms with van der Waals surface area (Å²) in [4.78, 5) is 53.3. The van der Waals surface area contributed by atoms with Gasteiger partial charge in [-0.2, -0.15) is 0 Å². The van der Waals surface area contributed by atoms with E-state index in [0.717, 1.165) is 31.0 Å². The lowest BCUT2D eigenvalue weighted by molar-refractivity contribution is -0.116. The van der Waals surface area contributed by atoms with Crippen LogP contribution in [0.15, 0.2) is 19.5 Å². The van der Waals surface area contributed by atoms with Crippen LogP contribution in [0.5, 0.6) is 0 Å². The number of amides is 1. The molecule has 2 rings (SSSR count). The van der Waals surface area contributed by atoms with Crippen molar-refractivity contribution in [2.75, 3.05) is 22.9 Å². The molecule has 0 aliphatic carbocycles. The first kappa shape index (κ1) is 24.5. The predicted octanol–water partition coefficient (Wildman–Crippen LogP) is 1.14. The number of carbonyl (C=O) groups excluding carboxylic acids is 1. The van der Waals surface area contributed by atoms with E-state index >= 15 is 0 Å². The first-order valence-electron chi connectivity index (χ1n) is 10.6. The summed E-state index contributed by atoms with van der Waals surface area (Å²) >= 11 is 1.12. The number of carbonyl (C=O) groups is 1. The van der Waals surface area contributed by atoms with Crippen LogP contribution >= 0.6 is 11.8 Å². The number of aromatic amines is 2. The Morgan fingerprint density at radius 1 is 1.03 bits per heavy atom. The van der Waals surface area contributed by atoms with E-state index in [1.165, 1.54) is 14.0 Å². The lowest BCUT2D eigenvalue weighted by Gasteiger charge is -2.24. The maximum atomic E-state index is 13.1. The lowest BCUT2D eigenvalue weighted by atomic mass is 10.2. The number of H-pyrrole nitrogens is 2. The molecule has 0 bridgehead atoms. The van der Waals surface area contributed by atoms with Gasteiger partial charge in [0.1, 0.15) is 5.82 Å². The van der Waals surface area contributed by atoms with E-state index in [1.54, 1.807) is 0 Å². The first-order valence-corrected chi connectivity index (χ1v) is 11.5. The van der Waals surface area contributed by atoms with Crippen molar-refractivity contribution >= 4 is 29.2 Å². The molecule has 1 amide bonds. The zero-order valence-electron chi connectivity index (χ0n) is 18.3. The summed E-state index contributed by atoms with van der Waals surface area (Å²) in [5.74, 6) is -0.411. The van der Waals surface area contributed by atoms with Crippen molar-refractivity contribution < 1.29 is 4.79 Å². The molecule has 0 aliphatic heterocycles. The Morgan fingerprint density at radius 3 is 2.39 bits per heavy atom. The van der Waals surface area contributed by atoms with Crippen molar-refractivity contribution in [3.05, 3.63) is 31.3 Å². The molecule has 11 nitrogen and oxygen atoms in total. The maximum Gasteiger partial charge on any atom is 0.343 e. The highest BCUT2D eigenvalue weighted by molar-refractivity contribution is 7.99. The summed E-state index contributed by atoms with van der Waals surface area (Å²) in [5.41, 5.74) is 4.53. The van der Waals surface area contributed by atoms with Crippen molar-refractivity contribution in [3.8, 4) is 0 Å². The monoisotopic (exact) mass is 453 g/mol. The molecule has 2 aromatic heterocycles. The second-order valence-corrected chi connectivity index (χ2v) is 8.09. The van der Waals surface area contributed by atoms with Gasteiger partial charge in [-0.15, -0.1) is 5.10 Å². The van der Waals surface area contributed by atoms with E-state index in [2.05, 4.69) is 15.2 Å². The van der Waals surface area contributed by atoms with Gasteiger partial charge >= 0.3 is 11.4 Å². The Labute approximate surface area is 184 Å². The van der Waals surface area contributed by atoms with Gasteiger partial charge in [-0.05, 0) is 19.3 Å². The highest BCUT2D eigenvalue weighted by Crippen LogP contribution is 2.21. The summed E-state index contributed by atoms with van der Waals surface area (Å²) in [7, 11) is 0. The molecular formula is C19H31N7O4S. The Balaban J connectivity index is 2.33. The van der Waals surface area contributed by atoms with Gasteiger partial charge in [-0.1, -0.05) is 45.4 Å². The first-order chi connectivity index (χ1) is 14.8. The van der Waals surface area contributed by atoms with E-state index in [0.29, 0.717) is 31.1 Å². The van der Waals surface area contributed by atoms with Crippen molar-refractivity contribution in [2.24, 2.45) is 0 Å². The highest BCUT2D eigenvalue weighted by Gasteiger charge is 2.24. The van der Waals surface area contributed by atoms with Gasteiger partial charge < -0.3 is 10.6 Å². The number of rotatable bonds is 12. The number of nitrogens with zero attached hydrogens (tertiary/aromatic N) is 4. The van der Waals surface area contributed by atoms with Crippen LogP contribution in [0.1, 0.15) is 52.9 Å². The molecule has 0 saturated carbocycles. The van der Waals surface area contributed by atoms with E-state index < -0.39 is 11.2 Å². The van der Waals surface area contributed by atoms with Gasteiger partial charge in [0, 0.05) is 19.6 Å². The second kappa shape index (κ2) is 11.6. The van der Waals surface area contributed by atoms with Gasteiger partial charge in [0.15, 0.2) is 10.8 Å². The zero-order valence-corrected chi connectivity index (χ0v) is 19.1. The molecule has 172 valence electrons. The molecule has 0 fully saturated rings. The van der Waals surface area contributed by atoms with E-state index in [9.17, 15) is 19.2 Å². The summed E-state index contributed by atoms with van der Waals surface area (Å²) in [6.45, 7) is 7.00. The lowest BCUT2D eigenvalue weighted by Crippen LogP contribution is -2.42. The van der Waals surface area contributed by atoms with Crippen molar-refractivity contribution in [1.29, 1.82) is 0 Å². The number of anilines is 2. The van der Waals surface area contributed by atoms with Gasteiger partial charge in [0.05, 0.1) is 5.75 Å². The SMILES string of the molecule is CCCCN(C(=O)CSc1n[nH]c(=O)n1CCCC)c1c(N)n(CCC)c(=O)[nH]c1=O. The minimum Gasteiger partial charge on any atom is -0.383 e. The molecular weight excluding hydrogens is 422 g/mol.